The van der Waals surface area contributed by atoms with E-state index in [1.165, 1.54) is 11.0 Å². The molecule has 102 valence electrons. The Bertz CT molecular complexity index is 577. The van der Waals surface area contributed by atoms with Gasteiger partial charge in [-0.05, 0) is 12.1 Å². The fraction of sp³-hybridized carbons (Fsp3) is 0.364. The van der Waals surface area contributed by atoms with Crippen molar-refractivity contribution in [1.82, 2.24) is 24.5 Å². The van der Waals surface area contributed by atoms with Crippen LogP contribution in [0.3, 0.4) is 0 Å². The third kappa shape index (κ3) is 2.95. The Morgan fingerprint density at radius 2 is 2.11 bits per heavy atom. The van der Waals surface area contributed by atoms with Crippen LogP contribution in [0.15, 0.2) is 24.5 Å². The van der Waals surface area contributed by atoms with Gasteiger partial charge in [-0.2, -0.15) is 19.0 Å². The zero-order chi connectivity index (χ0) is 14.0. The van der Waals surface area contributed by atoms with Gasteiger partial charge in [0.1, 0.15) is 0 Å². The molecule has 0 fully saturated rings. The van der Waals surface area contributed by atoms with Gasteiger partial charge >= 0.3 is 6.55 Å². The summed E-state index contributed by atoms with van der Waals surface area (Å²) in [5.74, 6) is -0.426. The van der Waals surface area contributed by atoms with Gasteiger partial charge in [0.25, 0.3) is 5.91 Å². The number of nitrogens with zero attached hydrogens (tertiary/aromatic N) is 5. The van der Waals surface area contributed by atoms with Gasteiger partial charge < -0.3 is 4.90 Å². The van der Waals surface area contributed by atoms with Crippen LogP contribution >= 0.6 is 0 Å². The van der Waals surface area contributed by atoms with Crippen LogP contribution in [0.1, 0.15) is 22.7 Å². The zero-order valence-electron chi connectivity index (χ0n) is 10.5. The molecule has 19 heavy (non-hydrogen) atoms. The molecule has 0 aliphatic heterocycles. The number of amides is 1. The highest BCUT2D eigenvalue weighted by Crippen LogP contribution is 2.10. The lowest BCUT2D eigenvalue weighted by molar-refractivity contribution is 0.0553. The summed E-state index contributed by atoms with van der Waals surface area (Å²) in [6.07, 6.45) is 2.84. The van der Waals surface area contributed by atoms with Crippen LogP contribution in [-0.2, 0) is 13.6 Å². The molecule has 0 aliphatic rings. The molecule has 0 saturated heterocycles. The molecule has 8 heteroatoms. The second-order valence-electron chi connectivity index (χ2n) is 4.10. The minimum absolute atomic E-state index is 0.0151. The first-order valence-electron chi connectivity index (χ1n) is 5.54. The molecule has 2 heterocycles. The number of hydrogen-bond donors (Lipinski definition) is 0. The quantitative estimate of drug-likeness (QED) is 0.840. The Morgan fingerprint density at radius 1 is 1.37 bits per heavy atom. The van der Waals surface area contributed by atoms with Gasteiger partial charge in [0.2, 0.25) is 0 Å². The van der Waals surface area contributed by atoms with E-state index in [0.29, 0.717) is 16.9 Å². The van der Waals surface area contributed by atoms with Gasteiger partial charge in [0, 0.05) is 26.5 Å². The van der Waals surface area contributed by atoms with Crippen molar-refractivity contribution in [3.63, 3.8) is 0 Å². The van der Waals surface area contributed by atoms with Gasteiger partial charge in [-0.1, -0.05) is 0 Å². The Hall–Kier alpha value is -2.25. The number of aryl methyl sites for hydroxylation is 1. The molecular weight excluding hydrogens is 256 g/mol. The first kappa shape index (κ1) is 13.2. The number of alkyl halides is 2. The molecule has 0 spiro atoms. The van der Waals surface area contributed by atoms with Crippen molar-refractivity contribution >= 4 is 5.91 Å². The Morgan fingerprint density at radius 3 is 2.63 bits per heavy atom. The monoisotopic (exact) mass is 269 g/mol. The maximum Gasteiger partial charge on any atom is 0.333 e. The van der Waals surface area contributed by atoms with E-state index in [4.69, 9.17) is 0 Å². The molecule has 0 saturated carbocycles. The average molecular weight is 269 g/mol. The van der Waals surface area contributed by atoms with Gasteiger partial charge in [0.15, 0.2) is 5.69 Å². The molecule has 0 atom stereocenters. The number of hydrogen-bond acceptors (Lipinski definition) is 3. The number of rotatable bonds is 4. The van der Waals surface area contributed by atoms with E-state index in [2.05, 4.69) is 10.2 Å². The van der Waals surface area contributed by atoms with Crippen LogP contribution in [-0.4, -0.2) is 37.4 Å². The maximum atomic E-state index is 12.4. The highest BCUT2D eigenvalue weighted by atomic mass is 19.3. The Labute approximate surface area is 108 Å². The Kier molecular flexibility index (Phi) is 3.59. The van der Waals surface area contributed by atoms with E-state index in [-0.39, 0.29) is 5.69 Å². The third-order valence-corrected chi connectivity index (χ3v) is 2.54. The van der Waals surface area contributed by atoms with E-state index < -0.39 is 12.5 Å². The predicted octanol–water partition coefficient (Wildman–Crippen LogP) is 1.28. The first-order chi connectivity index (χ1) is 8.97. The largest absolute Gasteiger partial charge is 0.334 e. The second-order valence-corrected chi connectivity index (χ2v) is 4.10. The van der Waals surface area contributed by atoms with Crippen LogP contribution in [0, 0.1) is 0 Å². The lowest BCUT2D eigenvalue weighted by Crippen LogP contribution is -2.27. The molecule has 6 nitrogen and oxygen atoms in total. The lowest BCUT2D eigenvalue weighted by atomic mass is 10.3. The standard InChI is InChI=1S/C11H13F2N5O/c1-16(7-8-3-5-17(2)14-8)10(19)9-4-6-18(15-9)11(12)13/h3-6,11H,7H2,1-2H3. The third-order valence-electron chi connectivity index (χ3n) is 2.54. The van der Waals surface area contributed by atoms with Crippen molar-refractivity contribution in [1.29, 1.82) is 0 Å². The molecular formula is C11H13F2N5O. The molecule has 0 aliphatic carbocycles. The average Bonchev–Trinajstić information content (AvgIpc) is 2.97. The van der Waals surface area contributed by atoms with Gasteiger partial charge in [-0.25, -0.2) is 4.68 Å². The molecule has 1 amide bonds. The van der Waals surface area contributed by atoms with Crippen LogP contribution in [0.2, 0.25) is 0 Å². The smallest absolute Gasteiger partial charge is 0.333 e. The summed E-state index contributed by atoms with van der Waals surface area (Å²) in [6, 6.07) is 3.05. The summed E-state index contributed by atoms with van der Waals surface area (Å²) in [6.45, 7) is -2.45. The van der Waals surface area contributed by atoms with Crippen molar-refractivity contribution in [3.8, 4) is 0 Å². The normalized spacial score (nSPS) is 11.0. The molecule has 2 rings (SSSR count). The van der Waals surface area contributed by atoms with Crippen LogP contribution in [0.5, 0.6) is 0 Å². The Balaban J connectivity index is 2.05. The highest BCUT2D eigenvalue weighted by molar-refractivity contribution is 5.91. The van der Waals surface area contributed by atoms with Crippen molar-refractivity contribution < 1.29 is 13.6 Å². The minimum Gasteiger partial charge on any atom is -0.334 e. The molecule has 0 bridgehead atoms. The molecule has 0 N–H and O–H groups in total. The predicted molar refractivity (Wildman–Crippen MR) is 62.5 cm³/mol. The van der Waals surface area contributed by atoms with E-state index in [1.54, 1.807) is 31.0 Å². The van der Waals surface area contributed by atoms with Crippen LogP contribution < -0.4 is 0 Å². The van der Waals surface area contributed by atoms with E-state index in [0.717, 1.165) is 6.20 Å². The van der Waals surface area contributed by atoms with E-state index in [9.17, 15) is 13.6 Å². The first-order valence-corrected chi connectivity index (χ1v) is 5.54. The van der Waals surface area contributed by atoms with Crippen molar-refractivity contribution in [2.45, 2.75) is 13.1 Å². The summed E-state index contributed by atoms with van der Waals surface area (Å²) in [5, 5.41) is 7.66. The van der Waals surface area contributed by atoms with Gasteiger partial charge in [0.05, 0.1) is 12.2 Å². The molecule has 0 radical (unpaired) electrons. The highest BCUT2D eigenvalue weighted by Gasteiger charge is 2.17. The number of aromatic nitrogens is 4. The van der Waals surface area contributed by atoms with Crippen molar-refractivity contribution in [2.24, 2.45) is 7.05 Å². The van der Waals surface area contributed by atoms with Gasteiger partial charge in [-0.3, -0.25) is 9.48 Å². The number of carbonyl (C=O) groups is 1. The summed E-state index contributed by atoms with van der Waals surface area (Å²) >= 11 is 0. The molecule has 0 unspecified atom stereocenters. The maximum absolute atomic E-state index is 12.4. The zero-order valence-corrected chi connectivity index (χ0v) is 10.5. The summed E-state index contributed by atoms with van der Waals surface area (Å²) in [5.41, 5.74) is 0.699. The lowest BCUT2D eigenvalue weighted by Gasteiger charge is -2.14. The van der Waals surface area contributed by atoms with E-state index >= 15 is 0 Å². The summed E-state index contributed by atoms with van der Waals surface area (Å²) < 4.78 is 26.8. The van der Waals surface area contributed by atoms with Gasteiger partial charge in [-0.15, -0.1) is 0 Å². The summed E-state index contributed by atoms with van der Waals surface area (Å²) in [4.78, 5) is 13.3. The fourth-order valence-corrected chi connectivity index (χ4v) is 1.62. The second kappa shape index (κ2) is 5.17. The molecule has 2 aromatic heterocycles. The minimum atomic E-state index is -2.75. The topological polar surface area (TPSA) is 56.0 Å². The number of halogens is 2. The SMILES string of the molecule is CN(Cc1ccn(C)n1)C(=O)c1ccn(C(F)F)n1. The van der Waals surface area contributed by atoms with Crippen LogP contribution in [0.25, 0.3) is 0 Å². The van der Waals surface area contributed by atoms with Crippen molar-refractivity contribution in [2.75, 3.05) is 7.05 Å². The number of carbonyl (C=O) groups excluding carboxylic acids is 1. The van der Waals surface area contributed by atoms with Crippen molar-refractivity contribution in [3.05, 3.63) is 35.9 Å². The fourth-order valence-electron chi connectivity index (χ4n) is 1.62. The summed E-state index contributed by atoms with van der Waals surface area (Å²) in [7, 11) is 3.34. The van der Waals surface area contributed by atoms with Crippen LogP contribution in [0.4, 0.5) is 8.78 Å². The molecule has 2 aromatic rings. The van der Waals surface area contributed by atoms with E-state index in [1.807, 2.05) is 0 Å². The molecule has 0 aromatic carbocycles.